The fourth-order valence-electron chi connectivity index (χ4n) is 2.96. The molecule has 24 heavy (non-hydrogen) atoms. The highest BCUT2D eigenvalue weighted by Crippen LogP contribution is 2.31. The minimum absolute atomic E-state index is 0.396. The molecule has 0 amide bonds. The van der Waals surface area contributed by atoms with Crippen molar-refractivity contribution < 1.29 is 49.6 Å². The minimum Gasteiger partial charge on any atom is -0.394 e. The topological polar surface area (TPSA) is 158 Å². The third kappa shape index (κ3) is 3.73. The molecule has 0 radical (unpaired) electrons. The lowest BCUT2D eigenvalue weighted by atomic mass is 9.91. The van der Waals surface area contributed by atoms with Gasteiger partial charge in [-0.15, -0.1) is 0 Å². The van der Waals surface area contributed by atoms with Gasteiger partial charge in [-0.05, 0) is 0 Å². The molecule has 10 nitrogen and oxygen atoms in total. The van der Waals surface area contributed by atoms with E-state index in [1.807, 2.05) is 0 Å². The second-order valence-electron chi connectivity index (χ2n) is 6.11. The number of hydrogen-bond acceptors (Lipinski definition) is 10. The van der Waals surface area contributed by atoms with Crippen LogP contribution in [0.4, 0.5) is 0 Å². The molecular formula is C14H26O10. The van der Waals surface area contributed by atoms with Gasteiger partial charge in [-0.1, -0.05) is 6.92 Å². The van der Waals surface area contributed by atoms with Crippen molar-refractivity contribution in [1.29, 1.82) is 0 Å². The van der Waals surface area contributed by atoms with Crippen LogP contribution in [0.15, 0.2) is 0 Å². The van der Waals surface area contributed by atoms with E-state index in [0.29, 0.717) is 0 Å². The van der Waals surface area contributed by atoms with Crippen LogP contribution >= 0.6 is 0 Å². The maximum Gasteiger partial charge on any atom is 0.187 e. The van der Waals surface area contributed by atoms with E-state index < -0.39 is 74.4 Å². The van der Waals surface area contributed by atoms with Crippen molar-refractivity contribution in [2.24, 2.45) is 5.92 Å². The molecule has 2 fully saturated rings. The Kier molecular flexibility index (Phi) is 6.90. The standard InChI is InChI=1S/C14H26O10/c1-5-6(3-15)22-14(10(19)8(5)17)24-12-7(4-16)23-13(21-2)11(20)9(12)18/h5-20H,3-4H2,1-2H3/t5-,6?,7+,8?,9?,10?,11?,12-,13-,14+/m1/s1. The summed E-state index contributed by atoms with van der Waals surface area (Å²) in [4.78, 5) is 0. The smallest absolute Gasteiger partial charge is 0.187 e. The Labute approximate surface area is 139 Å². The molecule has 2 aliphatic rings. The van der Waals surface area contributed by atoms with E-state index in [9.17, 15) is 30.6 Å². The first-order valence-electron chi connectivity index (χ1n) is 7.78. The zero-order valence-corrected chi connectivity index (χ0v) is 13.5. The average molecular weight is 354 g/mol. The van der Waals surface area contributed by atoms with Crippen LogP contribution in [0.5, 0.6) is 0 Å². The summed E-state index contributed by atoms with van der Waals surface area (Å²) in [5.41, 5.74) is 0. The molecule has 5 unspecified atom stereocenters. The first-order chi connectivity index (χ1) is 11.3. The maximum atomic E-state index is 10.2. The van der Waals surface area contributed by atoms with Crippen molar-refractivity contribution in [2.45, 2.75) is 62.2 Å². The average Bonchev–Trinajstić information content (AvgIpc) is 2.59. The zero-order chi connectivity index (χ0) is 18.0. The quantitative estimate of drug-likeness (QED) is 0.293. The summed E-state index contributed by atoms with van der Waals surface area (Å²) in [6.45, 7) is 0.666. The summed E-state index contributed by atoms with van der Waals surface area (Å²) in [5, 5.41) is 59.0. The predicted molar refractivity (Wildman–Crippen MR) is 76.6 cm³/mol. The van der Waals surface area contributed by atoms with E-state index in [-0.39, 0.29) is 0 Å². The van der Waals surface area contributed by atoms with Gasteiger partial charge < -0.3 is 49.6 Å². The number of aliphatic hydroxyl groups excluding tert-OH is 6. The number of aliphatic hydroxyl groups is 6. The van der Waals surface area contributed by atoms with Crippen molar-refractivity contribution >= 4 is 0 Å². The fraction of sp³-hybridized carbons (Fsp3) is 1.00. The molecule has 2 saturated heterocycles. The maximum absolute atomic E-state index is 10.2. The van der Waals surface area contributed by atoms with E-state index in [4.69, 9.17) is 18.9 Å². The number of hydrogen-bond donors (Lipinski definition) is 6. The molecule has 0 saturated carbocycles. The monoisotopic (exact) mass is 354 g/mol. The van der Waals surface area contributed by atoms with Gasteiger partial charge in [0, 0.05) is 13.0 Å². The Morgan fingerprint density at radius 3 is 1.88 bits per heavy atom. The van der Waals surface area contributed by atoms with E-state index in [1.54, 1.807) is 6.92 Å². The summed E-state index contributed by atoms with van der Waals surface area (Å²) in [5.74, 6) is -0.533. The summed E-state index contributed by atoms with van der Waals surface area (Å²) >= 11 is 0. The Morgan fingerprint density at radius 1 is 0.792 bits per heavy atom. The molecule has 2 aliphatic heterocycles. The first-order valence-corrected chi connectivity index (χ1v) is 7.78. The molecule has 0 aliphatic carbocycles. The van der Waals surface area contributed by atoms with Crippen LogP contribution in [-0.4, -0.2) is 106 Å². The Hall–Kier alpha value is -0.400. The van der Waals surface area contributed by atoms with Crippen molar-refractivity contribution in [3.8, 4) is 0 Å². The van der Waals surface area contributed by atoms with Crippen LogP contribution in [0.3, 0.4) is 0 Å². The van der Waals surface area contributed by atoms with Gasteiger partial charge in [0.05, 0.1) is 25.4 Å². The normalized spacial score (nSPS) is 50.0. The molecule has 2 rings (SSSR count). The number of rotatable bonds is 5. The largest absolute Gasteiger partial charge is 0.394 e. The SMILES string of the molecule is CO[C@@H]1O[C@@H](CO)[C@@H](O[C@@H]2OC(CO)[C@@H](C)C(O)C2O)C(O)C1O. The lowest BCUT2D eigenvalue weighted by Gasteiger charge is -2.46. The van der Waals surface area contributed by atoms with Crippen LogP contribution in [-0.2, 0) is 18.9 Å². The predicted octanol–water partition coefficient (Wildman–Crippen LogP) is -3.47. The molecule has 0 aromatic rings. The van der Waals surface area contributed by atoms with E-state index in [1.165, 1.54) is 7.11 Å². The van der Waals surface area contributed by atoms with Crippen LogP contribution in [0.25, 0.3) is 0 Å². The number of ether oxygens (including phenoxy) is 4. The second kappa shape index (κ2) is 8.32. The van der Waals surface area contributed by atoms with Gasteiger partial charge in [0.1, 0.15) is 30.5 Å². The van der Waals surface area contributed by atoms with Crippen molar-refractivity contribution in [2.75, 3.05) is 20.3 Å². The molecule has 0 bridgehead atoms. The Bertz CT molecular complexity index is 392. The lowest BCUT2D eigenvalue weighted by Crippen LogP contribution is -2.63. The van der Waals surface area contributed by atoms with Gasteiger partial charge in [-0.3, -0.25) is 0 Å². The Balaban J connectivity index is 2.12. The van der Waals surface area contributed by atoms with Crippen LogP contribution in [0.1, 0.15) is 6.92 Å². The highest BCUT2D eigenvalue weighted by molar-refractivity contribution is 4.93. The van der Waals surface area contributed by atoms with Crippen LogP contribution < -0.4 is 0 Å². The van der Waals surface area contributed by atoms with Crippen LogP contribution in [0, 0.1) is 5.92 Å². The van der Waals surface area contributed by atoms with Crippen molar-refractivity contribution in [1.82, 2.24) is 0 Å². The molecular weight excluding hydrogens is 328 g/mol. The summed E-state index contributed by atoms with van der Waals surface area (Å²) < 4.78 is 21.1. The van der Waals surface area contributed by atoms with E-state index in [0.717, 1.165) is 0 Å². The van der Waals surface area contributed by atoms with E-state index >= 15 is 0 Å². The summed E-state index contributed by atoms with van der Waals surface area (Å²) in [7, 11) is 1.27. The summed E-state index contributed by atoms with van der Waals surface area (Å²) in [6, 6.07) is 0. The number of methoxy groups -OCH3 is 1. The summed E-state index contributed by atoms with van der Waals surface area (Å²) in [6.07, 6.45) is -11.2. The highest BCUT2D eigenvalue weighted by atomic mass is 16.7. The highest BCUT2D eigenvalue weighted by Gasteiger charge is 2.49. The minimum atomic E-state index is -1.49. The molecule has 0 aromatic heterocycles. The molecule has 6 N–H and O–H groups in total. The first kappa shape index (κ1) is 19.9. The van der Waals surface area contributed by atoms with Gasteiger partial charge >= 0.3 is 0 Å². The van der Waals surface area contributed by atoms with E-state index in [2.05, 4.69) is 0 Å². The van der Waals surface area contributed by atoms with Gasteiger partial charge in [0.15, 0.2) is 12.6 Å². The molecule has 10 heteroatoms. The molecule has 0 spiro atoms. The van der Waals surface area contributed by atoms with Gasteiger partial charge in [0.2, 0.25) is 0 Å². The molecule has 10 atom stereocenters. The van der Waals surface area contributed by atoms with Crippen molar-refractivity contribution in [3.05, 3.63) is 0 Å². The third-order valence-corrected chi connectivity index (χ3v) is 4.59. The van der Waals surface area contributed by atoms with Gasteiger partial charge in [-0.25, -0.2) is 0 Å². The van der Waals surface area contributed by atoms with Crippen LogP contribution in [0.2, 0.25) is 0 Å². The molecule has 0 aromatic carbocycles. The van der Waals surface area contributed by atoms with Crippen molar-refractivity contribution in [3.63, 3.8) is 0 Å². The second-order valence-corrected chi connectivity index (χ2v) is 6.11. The zero-order valence-electron chi connectivity index (χ0n) is 13.5. The van der Waals surface area contributed by atoms with Gasteiger partial charge in [-0.2, -0.15) is 0 Å². The molecule has 2 heterocycles. The lowest BCUT2D eigenvalue weighted by molar-refractivity contribution is -0.353. The molecule has 142 valence electrons. The Morgan fingerprint density at radius 2 is 1.33 bits per heavy atom. The van der Waals surface area contributed by atoms with Gasteiger partial charge in [0.25, 0.3) is 0 Å². The fourth-order valence-corrected chi connectivity index (χ4v) is 2.96. The third-order valence-electron chi connectivity index (χ3n) is 4.59.